The highest BCUT2D eigenvalue weighted by Gasteiger charge is 2.19. The highest BCUT2D eigenvalue weighted by Crippen LogP contribution is 2.17. The number of carbonyl (C=O) groups excluding carboxylic acids is 1. The lowest BCUT2D eigenvalue weighted by Gasteiger charge is -2.21. The predicted octanol–water partition coefficient (Wildman–Crippen LogP) is 2.74. The summed E-state index contributed by atoms with van der Waals surface area (Å²) in [5.41, 5.74) is 1.22. The molecule has 0 spiro atoms. The van der Waals surface area contributed by atoms with Crippen LogP contribution in [-0.4, -0.2) is 18.5 Å². The van der Waals surface area contributed by atoms with Crippen molar-refractivity contribution in [2.45, 2.75) is 25.4 Å². The van der Waals surface area contributed by atoms with Crippen molar-refractivity contribution in [1.82, 2.24) is 0 Å². The molecule has 0 bridgehead atoms. The van der Waals surface area contributed by atoms with Crippen LogP contribution in [0.5, 0.6) is 0 Å². The monoisotopic (exact) mass is 268 g/mol. The van der Waals surface area contributed by atoms with Crippen molar-refractivity contribution in [3.8, 4) is 0 Å². The Labute approximate surface area is 97.8 Å². The van der Waals surface area contributed by atoms with Gasteiger partial charge in [-0.15, -0.1) is 0 Å². The molecule has 2 nitrogen and oxygen atoms in total. The van der Waals surface area contributed by atoms with Crippen molar-refractivity contribution < 1.29 is 9.53 Å². The van der Waals surface area contributed by atoms with Crippen molar-refractivity contribution in [2.24, 2.45) is 0 Å². The lowest BCUT2D eigenvalue weighted by molar-refractivity contribution is -0.128. The summed E-state index contributed by atoms with van der Waals surface area (Å²) < 4.78 is 6.63. The van der Waals surface area contributed by atoms with Gasteiger partial charge in [-0.1, -0.05) is 28.1 Å². The van der Waals surface area contributed by atoms with Gasteiger partial charge >= 0.3 is 0 Å². The van der Waals surface area contributed by atoms with Crippen LogP contribution in [0.4, 0.5) is 0 Å². The molecule has 1 atom stereocenters. The van der Waals surface area contributed by atoms with E-state index in [9.17, 15) is 4.79 Å². The Morgan fingerprint density at radius 1 is 1.33 bits per heavy atom. The SMILES string of the molecule is O=C1CCOC(Cc2ccc(Br)cc2)C1. The van der Waals surface area contributed by atoms with Gasteiger partial charge in [0.05, 0.1) is 12.7 Å². The molecule has 2 rings (SSSR count). The molecule has 0 aromatic heterocycles. The van der Waals surface area contributed by atoms with Crippen LogP contribution in [0.1, 0.15) is 18.4 Å². The van der Waals surface area contributed by atoms with Crippen LogP contribution in [0, 0.1) is 0 Å². The third kappa shape index (κ3) is 3.14. The molecule has 1 aliphatic rings. The van der Waals surface area contributed by atoms with E-state index in [4.69, 9.17) is 4.74 Å². The van der Waals surface area contributed by atoms with Gasteiger partial charge in [-0.3, -0.25) is 4.79 Å². The van der Waals surface area contributed by atoms with Gasteiger partial charge < -0.3 is 4.74 Å². The second kappa shape index (κ2) is 4.90. The topological polar surface area (TPSA) is 26.3 Å². The van der Waals surface area contributed by atoms with Gasteiger partial charge in [0, 0.05) is 17.3 Å². The summed E-state index contributed by atoms with van der Waals surface area (Å²) in [4.78, 5) is 11.2. The first-order valence-electron chi connectivity index (χ1n) is 5.12. The number of benzene rings is 1. The number of ether oxygens (including phenoxy) is 1. The fourth-order valence-corrected chi connectivity index (χ4v) is 2.03. The van der Waals surface area contributed by atoms with Gasteiger partial charge in [0.1, 0.15) is 5.78 Å². The number of hydrogen-bond acceptors (Lipinski definition) is 2. The summed E-state index contributed by atoms with van der Waals surface area (Å²) in [6.45, 7) is 0.583. The highest BCUT2D eigenvalue weighted by atomic mass is 79.9. The van der Waals surface area contributed by atoms with Gasteiger partial charge in [-0.05, 0) is 24.1 Å². The quantitative estimate of drug-likeness (QED) is 0.825. The molecule has 1 aromatic rings. The largest absolute Gasteiger partial charge is 0.377 e. The summed E-state index contributed by atoms with van der Waals surface area (Å²) >= 11 is 3.39. The summed E-state index contributed by atoms with van der Waals surface area (Å²) in [5, 5.41) is 0. The first kappa shape index (κ1) is 10.8. The fraction of sp³-hybridized carbons (Fsp3) is 0.417. The van der Waals surface area contributed by atoms with Crippen LogP contribution in [0.3, 0.4) is 0 Å². The molecule has 3 heteroatoms. The summed E-state index contributed by atoms with van der Waals surface area (Å²) in [6.07, 6.45) is 2.05. The maximum absolute atomic E-state index is 11.2. The average Bonchev–Trinajstić information content (AvgIpc) is 2.22. The number of rotatable bonds is 2. The number of ketones is 1. The molecule has 0 aliphatic carbocycles. The van der Waals surface area contributed by atoms with Crippen LogP contribution >= 0.6 is 15.9 Å². The number of Topliss-reactive ketones (excluding diaryl/α,β-unsaturated/α-hetero) is 1. The summed E-state index contributed by atoms with van der Waals surface area (Å²) in [6, 6.07) is 8.15. The van der Waals surface area contributed by atoms with Crippen LogP contribution in [-0.2, 0) is 16.0 Å². The standard InChI is InChI=1S/C12H13BrO2/c13-10-3-1-9(2-4-10)7-12-8-11(14)5-6-15-12/h1-4,12H,5-8H2. The van der Waals surface area contributed by atoms with Crippen LogP contribution < -0.4 is 0 Å². The molecule has 80 valence electrons. The van der Waals surface area contributed by atoms with E-state index in [2.05, 4.69) is 28.1 Å². The van der Waals surface area contributed by atoms with Gasteiger partial charge in [-0.2, -0.15) is 0 Å². The third-order valence-corrected chi connectivity index (χ3v) is 3.10. The zero-order valence-electron chi connectivity index (χ0n) is 8.41. The number of halogens is 1. The Balaban J connectivity index is 1.96. The van der Waals surface area contributed by atoms with E-state index in [0.29, 0.717) is 25.2 Å². The van der Waals surface area contributed by atoms with Crippen molar-refractivity contribution in [3.05, 3.63) is 34.3 Å². The molecule has 0 amide bonds. The molecule has 1 heterocycles. The molecule has 1 fully saturated rings. The van der Waals surface area contributed by atoms with Crippen LogP contribution in [0.25, 0.3) is 0 Å². The first-order valence-corrected chi connectivity index (χ1v) is 5.91. The first-order chi connectivity index (χ1) is 7.24. The van der Waals surface area contributed by atoms with Crippen molar-refractivity contribution in [2.75, 3.05) is 6.61 Å². The minimum atomic E-state index is 0.0763. The zero-order valence-corrected chi connectivity index (χ0v) is 10.00. The predicted molar refractivity (Wildman–Crippen MR) is 61.8 cm³/mol. The van der Waals surface area contributed by atoms with E-state index >= 15 is 0 Å². The van der Waals surface area contributed by atoms with E-state index in [1.54, 1.807) is 0 Å². The Morgan fingerprint density at radius 3 is 2.73 bits per heavy atom. The molecular weight excluding hydrogens is 256 g/mol. The van der Waals surface area contributed by atoms with Gasteiger partial charge in [0.15, 0.2) is 0 Å². The van der Waals surface area contributed by atoms with E-state index in [-0.39, 0.29) is 6.10 Å². The lowest BCUT2D eigenvalue weighted by atomic mass is 10.0. The van der Waals surface area contributed by atoms with Gasteiger partial charge in [0.2, 0.25) is 0 Å². The van der Waals surface area contributed by atoms with Crippen molar-refractivity contribution >= 4 is 21.7 Å². The highest BCUT2D eigenvalue weighted by molar-refractivity contribution is 9.10. The molecule has 1 saturated heterocycles. The van der Waals surface area contributed by atoms with E-state index < -0.39 is 0 Å². The molecular formula is C12H13BrO2. The van der Waals surface area contributed by atoms with Crippen molar-refractivity contribution in [3.63, 3.8) is 0 Å². The zero-order chi connectivity index (χ0) is 10.7. The minimum Gasteiger partial charge on any atom is -0.377 e. The molecule has 0 N–H and O–H groups in total. The van der Waals surface area contributed by atoms with Gasteiger partial charge in [-0.25, -0.2) is 0 Å². The fourth-order valence-electron chi connectivity index (χ4n) is 1.77. The molecule has 1 unspecified atom stereocenters. The Morgan fingerprint density at radius 2 is 2.07 bits per heavy atom. The minimum absolute atomic E-state index is 0.0763. The van der Waals surface area contributed by atoms with E-state index in [1.807, 2.05) is 12.1 Å². The van der Waals surface area contributed by atoms with E-state index in [0.717, 1.165) is 10.9 Å². The second-order valence-electron chi connectivity index (χ2n) is 3.82. The summed E-state index contributed by atoms with van der Waals surface area (Å²) in [5.74, 6) is 0.323. The number of carbonyl (C=O) groups is 1. The molecule has 0 radical (unpaired) electrons. The number of hydrogen-bond donors (Lipinski definition) is 0. The lowest BCUT2D eigenvalue weighted by Crippen LogP contribution is -2.27. The summed E-state index contributed by atoms with van der Waals surface area (Å²) in [7, 11) is 0. The maximum atomic E-state index is 11.2. The van der Waals surface area contributed by atoms with Crippen LogP contribution in [0.2, 0.25) is 0 Å². The van der Waals surface area contributed by atoms with Crippen molar-refractivity contribution in [1.29, 1.82) is 0 Å². The Kier molecular flexibility index (Phi) is 3.54. The maximum Gasteiger partial charge on any atom is 0.137 e. The second-order valence-corrected chi connectivity index (χ2v) is 4.73. The molecule has 1 aromatic carbocycles. The third-order valence-electron chi connectivity index (χ3n) is 2.57. The smallest absolute Gasteiger partial charge is 0.137 e. The molecule has 0 saturated carbocycles. The average molecular weight is 269 g/mol. The Hall–Kier alpha value is -0.670. The Bertz CT molecular complexity index is 345. The van der Waals surface area contributed by atoms with E-state index in [1.165, 1.54) is 5.56 Å². The molecule has 15 heavy (non-hydrogen) atoms. The van der Waals surface area contributed by atoms with Crippen LogP contribution in [0.15, 0.2) is 28.7 Å². The van der Waals surface area contributed by atoms with Gasteiger partial charge in [0.25, 0.3) is 0 Å². The normalized spacial score (nSPS) is 21.7. The molecule has 1 aliphatic heterocycles.